The number of benzene rings is 1. The molecule has 0 unspecified atom stereocenters. The lowest BCUT2D eigenvalue weighted by Crippen LogP contribution is -2.37. The van der Waals surface area contributed by atoms with Crippen LogP contribution in [0.4, 0.5) is 10.2 Å². The summed E-state index contributed by atoms with van der Waals surface area (Å²) in [6.45, 7) is 2.10. The fourth-order valence-electron chi connectivity index (χ4n) is 2.75. The molecule has 1 aromatic carbocycles. The zero-order valence-electron chi connectivity index (χ0n) is 14.0. The van der Waals surface area contributed by atoms with E-state index < -0.39 is 5.97 Å². The molecule has 0 spiro atoms. The van der Waals surface area contributed by atoms with Crippen LogP contribution in [0, 0.1) is 5.82 Å². The van der Waals surface area contributed by atoms with Gasteiger partial charge in [-0.2, -0.15) is 0 Å². The lowest BCUT2D eigenvalue weighted by Gasteiger charge is -2.32. The van der Waals surface area contributed by atoms with Crippen LogP contribution in [-0.2, 0) is 16.1 Å². The molecule has 1 aromatic heterocycles. The number of methoxy groups -OCH3 is 1. The number of hydrogen-bond donors (Lipinski definition) is 0. The minimum Gasteiger partial charge on any atom is -0.464 e. The Morgan fingerprint density at radius 2 is 1.88 bits per heavy atom. The molecule has 2 heterocycles. The van der Waals surface area contributed by atoms with Crippen LogP contribution in [-0.4, -0.2) is 42.5 Å². The normalized spacial score (nSPS) is 15.2. The smallest absolute Gasteiger partial charge is 0.358 e. The summed E-state index contributed by atoms with van der Waals surface area (Å²) in [6.07, 6.45) is 1.92. The summed E-state index contributed by atoms with van der Waals surface area (Å²) in [5, 5.41) is 8.00. The molecule has 0 bridgehead atoms. The Morgan fingerprint density at radius 1 is 1.16 bits per heavy atom. The third kappa shape index (κ3) is 4.51. The molecule has 2 aromatic rings. The van der Waals surface area contributed by atoms with Crippen LogP contribution in [0.15, 0.2) is 36.4 Å². The largest absolute Gasteiger partial charge is 0.464 e. The summed E-state index contributed by atoms with van der Waals surface area (Å²) in [7, 11) is 1.31. The second-order valence-corrected chi connectivity index (χ2v) is 5.89. The van der Waals surface area contributed by atoms with Crippen molar-refractivity contribution < 1.29 is 18.7 Å². The second kappa shape index (κ2) is 8.02. The molecule has 1 aliphatic heterocycles. The van der Waals surface area contributed by atoms with Gasteiger partial charge in [-0.1, -0.05) is 12.1 Å². The van der Waals surface area contributed by atoms with E-state index in [9.17, 15) is 9.18 Å². The molecular weight excluding hydrogens is 325 g/mol. The maximum absolute atomic E-state index is 12.9. The highest BCUT2D eigenvalue weighted by Gasteiger charge is 2.21. The Labute approximate surface area is 145 Å². The van der Waals surface area contributed by atoms with Crippen LogP contribution in [0.3, 0.4) is 0 Å². The number of halogens is 1. The first kappa shape index (κ1) is 17.3. The number of carbonyl (C=O) groups excluding carboxylic acids is 1. The molecule has 0 amide bonds. The van der Waals surface area contributed by atoms with Crippen molar-refractivity contribution in [3.63, 3.8) is 0 Å². The van der Waals surface area contributed by atoms with Gasteiger partial charge in [-0.05, 0) is 42.7 Å². The van der Waals surface area contributed by atoms with E-state index in [0.29, 0.717) is 6.61 Å². The van der Waals surface area contributed by atoms with Crippen molar-refractivity contribution in [2.24, 2.45) is 0 Å². The van der Waals surface area contributed by atoms with Crippen molar-refractivity contribution in [3.8, 4) is 0 Å². The van der Waals surface area contributed by atoms with Crippen LogP contribution in [0.25, 0.3) is 0 Å². The van der Waals surface area contributed by atoms with Crippen LogP contribution in [0.5, 0.6) is 0 Å². The number of piperidine rings is 1. The molecule has 25 heavy (non-hydrogen) atoms. The average Bonchev–Trinajstić information content (AvgIpc) is 2.67. The molecule has 3 rings (SSSR count). The highest BCUT2D eigenvalue weighted by molar-refractivity contribution is 5.86. The first-order chi connectivity index (χ1) is 12.2. The molecule has 132 valence electrons. The quantitative estimate of drug-likeness (QED) is 0.776. The average molecular weight is 345 g/mol. The summed E-state index contributed by atoms with van der Waals surface area (Å²) >= 11 is 0. The van der Waals surface area contributed by atoms with E-state index in [0.717, 1.165) is 37.3 Å². The van der Waals surface area contributed by atoms with Crippen molar-refractivity contribution in [2.75, 3.05) is 25.1 Å². The molecule has 6 nitrogen and oxygen atoms in total. The van der Waals surface area contributed by atoms with Crippen LogP contribution in [0.1, 0.15) is 28.9 Å². The zero-order valence-corrected chi connectivity index (χ0v) is 14.0. The van der Waals surface area contributed by atoms with Gasteiger partial charge in [0.15, 0.2) is 11.5 Å². The number of hydrogen-bond acceptors (Lipinski definition) is 6. The molecule has 0 N–H and O–H groups in total. The summed E-state index contributed by atoms with van der Waals surface area (Å²) < 4.78 is 23.4. The number of nitrogens with zero attached hydrogens (tertiary/aromatic N) is 3. The first-order valence-corrected chi connectivity index (χ1v) is 8.19. The summed E-state index contributed by atoms with van der Waals surface area (Å²) in [5.74, 6) is 0.00738. The molecule has 1 fully saturated rings. The second-order valence-electron chi connectivity index (χ2n) is 5.89. The highest BCUT2D eigenvalue weighted by atomic mass is 19.1. The Morgan fingerprint density at radius 3 is 2.48 bits per heavy atom. The van der Waals surface area contributed by atoms with E-state index in [1.54, 1.807) is 24.3 Å². The van der Waals surface area contributed by atoms with E-state index in [1.807, 2.05) is 0 Å². The molecular formula is C18H20FN3O3. The van der Waals surface area contributed by atoms with Gasteiger partial charge in [0.2, 0.25) is 0 Å². The standard InChI is InChI=1S/C18H20FN3O3/c1-24-18(23)16-6-7-17(21-20-16)22-10-8-15(9-11-22)25-12-13-2-4-14(19)5-3-13/h2-7,15H,8-12H2,1H3. The zero-order chi connectivity index (χ0) is 17.6. The van der Waals surface area contributed by atoms with Crippen molar-refractivity contribution >= 4 is 11.8 Å². The third-order valence-electron chi connectivity index (χ3n) is 4.21. The highest BCUT2D eigenvalue weighted by Crippen LogP contribution is 2.20. The maximum atomic E-state index is 12.9. The number of esters is 1. The van der Waals surface area contributed by atoms with Crippen LogP contribution in [0.2, 0.25) is 0 Å². The Kier molecular flexibility index (Phi) is 5.55. The predicted molar refractivity (Wildman–Crippen MR) is 89.8 cm³/mol. The van der Waals surface area contributed by atoms with E-state index in [2.05, 4.69) is 19.8 Å². The van der Waals surface area contributed by atoms with Gasteiger partial charge in [-0.3, -0.25) is 0 Å². The Hall–Kier alpha value is -2.54. The van der Waals surface area contributed by atoms with Crippen molar-refractivity contribution in [1.29, 1.82) is 0 Å². The monoisotopic (exact) mass is 345 g/mol. The molecule has 1 saturated heterocycles. The van der Waals surface area contributed by atoms with E-state index in [1.165, 1.54) is 19.2 Å². The molecule has 1 aliphatic rings. The number of anilines is 1. The lowest BCUT2D eigenvalue weighted by atomic mass is 10.1. The first-order valence-electron chi connectivity index (χ1n) is 8.19. The van der Waals surface area contributed by atoms with Gasteiger partial charge < -0.3 is 14.4 Å². The van der Waals surface area contributed by atoms with Gasteiger partial charge in [0.1, 0.15) is 5.82 Å². The number of rotatable bonds is 5. The number of ether oxygens (including phenoxy) is 2. The fraction of sp³-hybridized carbons (Fsp3) is 0.389. The topological polar surface area (TPSA) is 64.5 Å². The Bertz CT molecular complexity index is 699. The van der Waals surface area contributed by atoms with Gasteiger partial charge in [-0.15, -0.1) is 10.2 Å². The Balaban J connectivity index is 1.48. The fourth-order valence-corrected chi connectivity index (χ4v) is 2.75. The predicted octanol–water partition coefficient (Wildman–Crippen LogP) is 2.59. The SMILES string of the molecule is COC(=O)c1ccc(N2CCC(OCc3ccc(F)cc3)CC2)nn1. The van der Waals surface area contributed by atoms with Gasteiger partial charge in [-0.25, -0.2) is 9.18 Å². The summed E-state index contributed by atoms with van der Waals surface area (Å²) in [5.41, 5.74) is 1.16. The van der Waals surface area contributed by atoms with Gasteiger partial charge in [0, 0.05) is 13.1 Å². The molecule has 0 aliphatic carbocycles. The minimum absolute atomic E-state index is 0.170. The molecule has 0 radical (unpaired) electrons. The molecule has 0 atom stereocenters. The number of carbonyl (C=O) groups is 1. The van der Waals surface area contributed by atoms with E-state index in [4.69, 9.17) is 4.74 Å². The van der Waals surface area contributed by atoms with Gasteiger partial charge in [0.25, 0.3) is 0 Å². The third-order valence-corrected chi connectivity index (χ3v) is 4.21. The molecule has 0 saturated carbocycles. The van der Waals surface area contributed by atoms with Crippen molar-refractivity contribution in [2.45, 2.75) is 25.6 Å². The maximum Gasteiger partial charge on any atom is 0.358 e. The molecule has 7 heteroatoms. The van der Waals surface area contributed by atoms with Crippen LogP contribution >= 0.6 is 0 Å². The van der Waals surface area contributed by atoms with Gasteiger partial charge in [0.05, 0.1) is 19.8 Å². The number of aromatic nitrogens is 2. The van der Waals surface area contributed by atoms with Crippen molar-refractivity contribution in [3.05, 3.63) is 53.5 Å². The summed E-state index contributed by atoms with van der Waals surface area (Å²) in [6, 6.07) is 9.76. The minimum atomic E-state index is -0.494. The van der Waals surface area contributed by atoms with Crippen LogP contribution < -0.4 is 4.90 Å². The van der Waals surface area contributed by atoms with Crippen molar-refractivity contribution in [1.82, 2.24) is 10.2 Å². The van der Waals surface area contributed by atoms with E-state index >= 15 is 0 Å². The van der Waals surface area contributed by atoms with Gasteiger partial charge >= 0.3 is 5.97 Å². The summed E-state index contributed by atoms with van der Waals surface area (Å²) in [4.78, 5) is 13.5. The lowest BCUT2D eigenvalue weighted by molar-refractivity contribution is 0.0250. The van der Waals surface area contributed by atoms with E-state index in [-0.39, 0.29) is 17.6 Å².